The van der Waals surface area contributed by atoms with Gasteiger partial charge in [0.2, 0.25) is 0 Å². The van der Waals surface area contributed by atoms with Crippen LogP contribution in [0.2, 0.25) is 0 Å². The minimum absolute atomic E-state index is 0.189. The number of carboxylic acid groups (broad SMARTS) is 1. The molecule has 0 amide bonds. The molecule has 0 spiro atoms. The average molecular weight is 192 g/mol. The number of rotatable bonds is 6. The van der Waals surface area contributed by atoms with Gasteiger partial charge in [-0.1, -0.05) is 0 Å². The Kier molecular flexibility index (Phi) is 5.33. The van der Waals surface area contributed by atoms with Crippen molar-refractivity contribution in [2.75, 3.05) is 12.4 Å². The first-order chi connectivity index (χ1) is 5.50. The van der Waals surface area contributed by atoms with Crippen molar-refractivity contribution in [3.05, 3.63) is 0 Å². The lowest BCUT2D eigenvalue weighted by Crippen LogP contribution is -2.27. The van der Waals surface area contributed by atoms with Crippen molar-refractivity contribution < 1.29 is 15.0 Å². The number of aliphatic carboxylic acids is 1. The van der Waals surface area contributed by atoms with E-state index in [0.717, 1.165) is 18.6 Å². The van der Waals surface area contributed by atoms with Crippen LogP contribution >= 0.6 is 11.8 Å². The molecule has 0 saturated carbocycles. The molecule has 0 aliphatic carbocycles. The van der Waals surface area contributed by atoms with Gasteiger partial charge in [0.05, 0.1) is 0 Å². The van der Waals surface area contributed by atoms with Crippen LogP contribution in [0.3, 0.4) is 0 Å². The number of thioether (sulfide) groups is 1. The number of unbranched alkanes of at least 4 members (excludes halogenated alkanes) is 1. The minimum atomic E-state index is -0.781. The zero-order chi connectivity index (χ0) is 9.61. The fraction of sp³-hybridized carbons (Fsp3) is 0.875. The molecular formula is C8H16O3S. The van der Waals surface area contributed by atoms with Crippen molar-refractivity contribution in [1.82, 2.24) is 0 Å². The minimum Gasteiger partial charge on any atom is -0.480 e. The number of hydrogen-bond acceptors (Lipinski definition) is 3. The molecule has 3 nitrogen and oxygen atoms in total. The van der Waals surface area contributed by atoms with Crippen LogP contribution in [0, 0.1) is 0 Å². The maximum absolute atomic E-state index is 10.6. The number of carboxylic acids is 1. The maximum Gasteiger partial charge on any atom is 0.319 e. The summed E-state index contributed by atoms with van der Waals surface area (Å²) in [5.74, 6) is 0.0105. The molecular weight excluding hydrogens is 176 g/mol. The topological polar surface area (TPSA) is 57.5 Å². The van der Waals surface area contributed by atoms with Crippen LogP contribution < -0.4 is 0 Å². The third-order valence-corrected chi connectivity index (χ3v) is 2.92. The highest BCUT2D eigenvalue weighted by Crippen LogP contribution is 2.25. The maximum atomic E-state index is 10.6. The first kappa shape index (κ1) is 11.8. The van der Waals surface area contributed by atoms with Crippen LogP contribution in [0.5, 0.6) is 0 Å². The van der Waals surface area contributed by atoms with Crippen LogP contribution in [-0.2, 0) is 4.79 Å². The first-order valence-corrected chi connectivity index (χ1v) is 4.97. The van der Waals surface area contributed by atoms with E-state index in [1.54, 1.807) is 13.8 Å². The van der Waals surface area contributed by atoms with E-state index in [1.807, 2.05) is 0 Å². The second-order valence-electron chi connectivity index (χ2n) is 3.09. The fourth-order valence-electron chi connectivity index (χ4n) is 0.603. The third-order valence-electron chi connectivity index (χ3n) is 1.53. The lowest BCUT2D eigenvalue weighted by atomic mass is 10.2. The number of carbonyl (C=O) groups is 1. The van der Waals surface area contributed by atoms with Crippen molar-refractivity contribution in [3.63, 3.8) is 0 Å². The van der Waals surface area contributed by atoms with Crippen LogP contribution in [0.4, 0.5) is 0 Å². The van der Waals surface area contributed by atoms with E-state index in [4.69, 9.17) is 10.2 Å². The smallest absolute Gasteiger partial charge is 0.319 e. The lowest BCUT2D eigenvalue weighted by molar-refractivity contribution is -0.138. The van der Waals surface area contributed by atoms with Gasteiger partial charge in [0.1, 0.15) is 4.75 Å². The molecule has 0 aliphatic rings. The Morgan fingerprint density at radius 3 is 2.42 bits per heavy atom. The standard InChI is InChI=1S/C8H16O3S/c1-8(2,7(10)11)12-6-4-3-5-9/h9H,3-6H2,1-2H3,(H,10,11). The Labute approximate surface area is 77.2 Å². The van der Waals surface area contributed by atoms with E-state index in [1.165, 1.54) is 11.8 Å². The molecule has 0 saturated heterocycles. The van der Waals surface area contributed by atoms with Gasteiger partial charge < -0.3 is 10.2 Å². The molecule has 0 aromatic heterocycles. The van der Waals surface area contributed by atoms with Gasteiger partial charge in [-0.3, -0.25) is 4.79 Å². The van der Waals surface area contributed by atoms with Gasteiger partial charge in [0.25, 0.3) is 0 Å². The average Bonchev–Trinajstić information content (AvgIpc) is 1.98. The molecule has 0 atom stereocenters. The molecule has 0 aliphatic heterocycles. The molecule has 12 heavy (non-hydrogen) atoms. The number of aliphatic hydroxyl groups excluding tert-OH is 1. The van der Waals surface area contributed by atoms with Crippen LogP contribution in [0.15, 0.2) is 0 Å². The van der Waals surface area contributed by atoms with Crippen LogP contribution in [0.25, 0.3) is 0 Å². The molecule has 0 aromatic carbocycles. The van der Waals surface area contributed by atoms with Crippen LogP contribution in [-0.4, -0.2) is 33.3 Å². The van der Waals surface area contributed by atoms with E-state index < -0.39 is 10.7 Å². The van der Waals surface area contributed by atoms with Gasteiger partial charge in [-0.25, -0.2) is 0 Å². The molecule has 0 fully saturated rings. The highest BCUT2D eigenvalue weighted by Gasteiger charge is 2.26. The van der Waals surface area contributed by atoms with Crippen LogP contribution in [0.1, 0.15) is 26.7 Å². The monoisotopic (exact) mass is 192 g/mol. The third kappa shape index (κ3) is 4.62. The summed E-state index contributed by atoms with van der Waals surface area (Å²) in [6.07, 6.45) is 1.63. The van der Waals surface area contributed by atoms with Crippen molar-refractivity contribution >= 4 is 17.7 Å². The van der Waals surface area contributed by atoms with E-state index in [-0.39, 0.29) is 6.61 Å². The summed E-state index contributed by atoms with van der Waals surface area (Å²) in [5.41, 5.74) is 0. The van der Waals surface area contributed by atoms with E-state index >= 15 is 0 Å². The Hall–Kier alpha value is -0.220. The summed E-state index contributed by atoms with van der Waals surface area (Å²) in [7, 11) is 0. The normalized spacial score (nSPS) is 11.6. The summed E-state index contributed by atoms with van der Waals surface area (Å²) in [6.45, 7) is 3.58. The molecule has 4 heteroatoms. The zero-order valence-electron chi connectivity index (χ0n) is 7.54. The Morgan fingerprint density at radius 2 is 2.00 bits per heavy atom. The number of aliphatic hydroxyl groups is 1. The Balaban J connectivity index is 3.54. The molecule has 2 N–H and O–H groups in total. The molecule has 0 heterocycles. The van der Waals surface area contributed by atoms with E-state index in [9.17, 15) is 4.79 Å². The highest BCUT2D eigenvalue weighted by molar-refractivity contribution is 8.01. The molecule has 72 valence electrons. The van der Waals surface area contributed by atoms with E-state index in [0.29, 0.717) is 0 Å². The second kappa shape index (κ2) is 5.43. The van der Waals surface area contributed by atoms with Gasteiger partial charge in [0.15, 0.2) is 0 Å². The largest absolute Gasteiger partial charge is 0.480 e. The fourth-order valence-corrected chi connectivity index (χ4v) is 1.59. The highest BCUT2D eigenvalue weighted by atomic mass is 32.2. The summed E-state index contributed by atoms with van der Waals surface area (Å²) in [4.78, 5) is 10.6. The molecule has 0 aromatic rings. The Bertz CT molecular complexity index is 145. The lowest BCUT2D eigenvalue weighted by Gasteiger charge is -2.17. The zero-order valence-corrected chi connectivity index (χ0v) is 8.36. The van der Waals surface area contributed by atoms with Gasteiger partial charge in [-0.15, -0.1) is 11.8 Å². The van der Waals surface area contributed by atoms with Gasteiger partial charge in [-0.05, 0) is 32.4 Å². The summed E-state index contributed by atoms with van der Waals surface area (Å²) < 4.78 is -0.699. The predicted octanol–water partition coefficient (Wildman–Crippen LogP) is 1.36. The molecule has 0 unspecified atom stereocenters. The van der Waals surface area contributed by atoms with Crippen molar-refractivity contribution in [2.45, 2.75) is 31.4 Å². The van der Waals surface area contributed by atoms with Gasteiger partial charge in [-0.2, -0.15) is 0 Å². The summed E-state index contributed by atoms with van der Waals surface area (Å²) >= 11 is 1.42. The molecule has 0 radical (unpaired) electrons. The van der Waals surface area contributed by atoms with Crippen molar-refractivity contribution in [2.24, 2.45) is 0 Å². The van der Waals surface area contributed by atoms with E-state index in [2.05, 4.69) is 0 Å². The first-order valence-electron chi connectivity index (χ1n) is 3.99. The quantitative estimate of drug-likeness (QED) is 0.624. The SMILES string of the molecule is CC(C)(SCCCCO)C(=O)O. The van der Waals surface area contributed by atoms with Gasteiger partial charge >= 0.3 is 5.97 Å². The molecule has 0 rings (SSSR count). The predicted molar refractivity (Wildman–Crippen MR) is 50.5 cm³/mol. The van der Waals surface area contributed by atoms with Crippen molar-refractivity contribution in [1.29, 1.82) is 0 Å². The Morgan fingerprint density at radius 1 is 1.42 bits per heavy atom. The number of hydrogen-bond donors (Lipinski definition) is 2. The second-order valence-corrected chi connectivity index (χ2v) is 4.81. The summed E-state index contributed by atoms with van der Waals surface area (Å²) in [5, 5.41) is 17.2. The van der Waals surface area contributed by atoms with Crippen molar-refractivity contribution in [3.8, 4) is 0 Å². The molecule has 0 bridgehead atoms. The summed E-state index contributed by atoms with van der Waals surface area (Å²) in [6, 6.07) is 0. The van der Waals surface area contributed by atoms with Gasteiger partial charge in [0, 0.05) is 6.61 Å².